The van der Waals surface area contributed by atoms with E-state index in [4.69, 9.17) is 17.0 Å². The average Bonchev–Trinajstić information content (AvgIpc) is 2.80. The van der Waals surface area contributed by atoms with Crippen LogP contribution in [0.5, 0.6) is 0 Å². The summed E-state index contributed by atoms with van der Waals surface area (Å²) in [7, 11) is 1.73. The molecule has 0 spiro atoms. The zero-order chi connectivity index (χ0) is 23.7. The Kier molecular flexibility index (Phi) is 9.20. The molecule has 2 N–H and O–H groups in total. The summed E-state index contributed by atoms with van der Waals surface area (Å²) in [6.07, 6.45) is 0.248. The van der Waals surface area contributed by atoms with Gasteiger partial charge in [0, 0.05) is 12.7 Å². The number of anilines is 1. The summed E-state index contributed by atoms with van der Waals surface area (Å²) >= 11 is 5.63. The minimum absolute atomic E-state index is 0.0528. The number of para-hydroxylation sites is 1. The molecule has 0 saturated carbocycles. The summed E-state index contributed by atoms with van der Waals surface area (Å²) in [6.45, 7) is 7.76. The fraction of sp³-hybridized carbons (Fsp3) is 0.400. The summed E-state index contributed by atoms with van der Waals surface area (Å²) in [5, 5.41) is 6.04. The van der Waals surface area contributed by atoms with Crippen LogP contribution in [-0.4, -0.2) is 35.6 Å². The molecule has 0 radical (unpaired) electrons. The monoisotopic (exact) mass is 455 g/mol. The molecule has 6 nitrogen and oxygen atoms in total. The average molecular weight is 456 g/mol. The Morgan fingerprint density at radius 3 is 2.19 bits per heavy atom. The lowest BCUT2D eigenvalue weighted by Crippen LogP contribution is -2.60. The second-order valence-electron chi connectivity index (χ2n) is 8.38. The highest BCUT2D eigenvalue weighted by atomic mass is 32.1. The van der Waals surface area contributed by atoms with Crippen LogP contribution in [0.4, 0.5) is 10.5 Å². The minimum atomic E-state index is -0.969. The lowest BCUT2D eigenvalue weighted by Gasteiger charge is -2.34. The molecule has 2 aromatic rings. The largest absolute Gasteiger partial charge is 0.445 e. The highest BCUT2D eigenvalue weighted by Gasteiger charge is 2.34. The van der Waals surface area contributed by atoms with Gasteiger partial charge in [-0.15, -0.1) is 0 Å². The molecule has 0 heterocycles. The highest BCUT2D eigenvalue weighted by molar-refractivity contribution is 7.80. The van der Waals surface area contributed by atoms with Crippen LogP contribution >= 0.6 is 12.2 Å². The number of rotatable bonds is 9. The molecule has 2 atom stereocenters. The number of nitrogens with zero attached hydrogens (tertiary/aromatic N) is 1. The number of carbonyl (C=O) groups is 2. The Morgan fingerprint density at radius 2 is 1.62 bits per heavy atom. The summed E-state index contributed by atoms with van der Waals surface area (Å²) in [6, 6.07) is 18.4. The Hall–Kier alpha value is -2.93. The maximum Gasteiger partial charge on any atom is 0.408 e. The van der Waals surface area contributed by atoms with Crippen molar-refractivity contribution in [2.75, 3.05) is 11.9 Å². The third-order valence-corrected chi connectivity index (χ3v) is 5.76. The first-order valence-corrected chi connectivity index (χ1v) is 11.2. The molecule has 2 rings (SSSR count). The van der Waals surface area contributed by atoms with Crippen molar-refractivity contribution in [3.8, 4) is 0 Å². The maximum atomic E-state index is 13.1. The molecule has 32 heavy (non-hydrogen) atoms. The standard InChI is InChI=1S/C25H33N3O3S/c1-6-18(2)21(26-24(30)31-17-19-13-9-7-10-14-19)22(32)27-25(3,4)23(29)28(5)20-15-11-8-12-16-20/h7-16,18,21H,6,17H2,1-5H3,(H,26,30)(H,27,32)/t18?,21-/m0/s1. The quantitative estimate of drug-likeness (QED) is 0.537. The molecule has 172 valence electrons. The van der Waals surface area contributed by atoms with E-state index in [1.165, 1.54) is 0 Å². The second-order valence-corrected chi connectivity index (χ2v) is 8.82. The second kappa shape index (κ2) is 11.6. The summed E-state index contributed by atoms with van der Waals surface area (Å²) in [4.78, 5) is 27.6. The molecular weight excluding hydrogens is 422 g/mol. The number of likely N-dealkylation sites (N-methyl/N-ethyl adjacent to an activating group) is 1. The van der Waals surface area contributed by atoms with Crippen LogP contribution in [0.25, 0.3) is 0 Å². The van der Waals surface area contributed by atoms with E-state index in [-0.39, 0.29) is 18.4 Å². The lowest BCUT2D eigenvalue weighted by molar-refractivity contribution is -0.122. The number of ether oxygens (including phenoxy) is 1. The fourth-order valence-electron chi connectivity index (χ4n) is 3.22. The van der Waals surface area contributed by atoms with Gasteiger partial charge in [-0.05, 0) is 37.5 Å². The van der Waals surface area contributed by atoms with Gasteiger partial charge in [-0.3, -0.25) is 4.79 Å². The SMILES string of the molecule is CCC(C)[C@H](NC(=O)OCc1ccccc1)C(=S)NC(C)(C)C(=O)N(C)c1ccccc1. The zero-order valence-corrected chi connectivity index (χ0v) is 20.2. The van der Waals surface area contributed by atoms with Gasteiger partial charge in [-0.25, -0.2) is 4.79 Å². The fourth-order valence-corrected chi connectivity index (χ4v) is 3.77. The predicted molar refractivity (Wildman–Crippen MR) is 133 cm³/mol. The number of benzene rings is 2. The number of amides is 2. The van der Waals surface area contributed by atoms with E-state index in [2.05, 4.69) is 10.6 Å². The van der Waals surface area contributed by atoms with E-state index >= 15 is 0 Å². The van der Waals surface area contributed by atoms with Crippen LogP contribution in [0.1, 0.15) is 39.7 Å². The number of hydrogen-bond acceptors (Lipinski definition) is 4. The van der Waals surface area contributed by atoms with E-state index in [1.807, 2.05) is 74.5 Å². The summed E-state index contributed by atoms with van der Waals surface area (Å²) in [5.41, 5.74) is 0.724. The van der Waals surface area contributed by atoms with Crippen molar-refractivity contribution in [1.29, 1.82) is 0 Å². The molecule has 0 bridgehead atoms. The normalized spacial score (nSPS) is 12.9. The van der Waals surface area contributed by atoms with E-state index in [1.54, 1.807) is 25.8 Å². The van der Waals surface area contributed by atoms with Crippen molar-refractivity contribution in [3.05, 3.63) is 66.2 Å². The van der Waals surface area contributed by atoms with E-state index in [9.17, 15) is 9.59 Å². The smallest absolute Gasteiger partial charge is 0.408 e. The van der Waals surface area contributed by atoms with E-state index in [0.29, 0.717) is 4.99 Å². The van der Waals surface area contributed by atoms with E-state index in [0.717, 1.165) is 17.7 Å². The van der Waals surface area contributed by atoms with Gasteiger partial charge in [-0.1, -0.05) is 81.0 Å². The Morgan fingerprint density at radius 1 is 1.06 bits per heavy atom. The maximum absolute atomic E-state index is 13.1. The molecule has 2 aromatic carbocycles. The van der Waals surface area contributed by atoms with Gasteiger partial charge < -0.3 is 20.3 Å². The molecule has 2 amide bonds. The van der Waals surface area contributed by atoms with Gasteiger partial charge in [0.05, 0.1) is 11.0 Å². The molecule has 7 heteroatoms. The molecule has 0 saturated heterocycles. The van der Waals surface area contributed by atoms with Gasteiger partial charge in [0.25, 0.3) is 5.91 Å². The topological polar surface area (TPSA) is 70.7 Å². The van der Waals surface area contributed by atoms with Crippen molar-refractivity contribution >= 4 is 34.9 Å². The van der Waals surface area contributed by atoms with Crippen molar-refractivity contribution in [1.82, 2.24) is 10.6 Å². The lowest BCUT2D eigenvalue weighted by atomic mass is 9.96. The number of carbonyl (C=O) groups excluding carboxylic acids is 2. The highest BCUT2D eigenvalue weighted by Crippen LogP contribution is 2.18. The number of nitrogens with one attached hydrogen (secondary N) is 2. The van der Waals surface area contributed by atoms with Crippen LogP contribution in [0.3, 0.4) is 0 Å². The Labute approximate surface area is 196 Å². The third kappa shape index (κ3) is 7.05. The number of hydrogen-bond donors (Lipinski definition) is 2. The van der Waals surface area contributed by atoms with Crippen LogP contribution in [-0.2, 0) is 16.1 Å². The zero-order valence-electron chi connectivity index (χ0n) is 19.4. The Bertz CT molecular complexity index is 903. The van der Waals surface area contributed by atoms with Crippen molar-refractivity contribution in [2.45, 2.75) is 52.3 Å². The molecule has 0 fully saturated rings. The predicted octanol–water partition coefficient (Wildman–Crippen LogP) is 4.69. The number of thiocarbonyl (C=S) groups is 1. The van der Waals surface area contributed by atoms with Crippen molar-refractivity contribution in [2.24, 2.45) is 5.92 Å². The molecular formula is C25H33N3O3S. The molecule has 0 aliphatic carbocycles. The van der Waals surface area contributed by atoms with Crippen molar-refractivity contribution in [3.63, 3.8) is 0 Å². The molecule has 0 aliphatic rings. The van der Waals surface area contributed by atoms with Crippen LogP contribution in [0.15, 0.2) is 60.7 Å². The molecule has 0 aliphatic heterocycles. The van der Waals surface area contributed by atoms with E-state index < -0.39 is 17.7 Å². The third-order valence-electron chi connectivity index (χ3n) is 5.40. The summed E-state index contributed by atoms with van der Waals surface area (Å²) < 4.78 is 5.36. The van der Waals surface area contributed by atoms with Gasteiger partial charge in [0.2, 0.25) is 0 Å². The van der Waals surface area contributed by atoms with Crippen LogP contribution < -0.4 is 15.5 Å². The minimum Gasteiger partial charge on any atom is -0.445 e. The first kappa shape index (κ1) is 25.3. The summed E-state index contributed by atoms with van der Waals surface area (Å²) in [5.74, 6) is -0.0855. The van der Waals surface area contributed by atoms with Gasteiger partial charge >= 0.3 is 6.09 Å². The Balaban J connectivity index is 2.04. The first-order chi connectivity index (χ1) is 15.2. The molecule has 0 aromatic heterocycles. The van der Waals surface area contributed by atoms with Crippen LogP contribution in [0, 0.1) is 5.92 Å². The van der Waals surface area contributed by atoms with Gasteiger partial charge in [0.1, 0.15) is 12.1 Å². The number of alkyl carbamates (subject to hydrolysis) is 1. The van der Waals surface area contributed by atoms with Gasteiger partial charge in [-0.2, -0.15) is 0 Å². The molecule has 1 unspecified atom stereocenters. The van der Waals surface area contributed by atoms with Crippen molar-refractivity contribution < 1.29 is 14.3 Å². The van der Waals surface area contributed by atoms with Crippen LogP contribution in [0.2, 0.25) is 0 Å². The van der Waals surface area contributed by atoms with Gasteiger partial charge in [0.15, 0.2) is 0 Å². The first-order valence-electron chi connectivity index (χ1n) is 10.8.